The number of hydrogen-bond acceptors (Lipinski definition) is 5. The molecule has 0 bridgehead atoms. The van der Waals surface area contributed by atoms with Crippen LogP contribution in [0.3, 0.4) is 0 Å². The van der Waals surface area contributed by atoms with Crippen LogP contribution >= 0.6 is 11.3 Å². The number of likely N-dealkylation sites (tertiary alicyclic amines) is 1. The van der Waals surface area contributed by atoms with Crippen molar-refractivity contribution in [1.82, 2.24) is 19.7 Å². The average molecular weight is 291 g/mol. The molecule has 1 fully saturated rings. The molecule has 0 saturated carbocycles. The minimum atomic E-state index is 0.765. The monoisotopic (exact) mass is 291 g/mol. The van der Waals surface area contributed by atoms with Gasteiger partial charge in [-0.25, -0.2) is 4.98 Å². The summed E-state index contributed by atoms with van der Waals surface area (Å²) < 4.78 is 2.03. The maximum atomic E-state index is 4.41. The number of nitrogens with one attached hydrogen (secondary N) is 1. The molecular formula is C14H21N5S. The van der Waals surface area contributed by atoms with E-state index in [1.54, 1.807) is 11.3 Å². The third-order valence-corrected chi connectivity index (χ3v) is 4.32. The average Bonchev–Trinajstić information content (AvgIpc) is 3.16. The second-order valence-electron chi connectivity index (χ2n) is 5.23. The third kappa shape index (κ3) is 3.80. The molecule has 20 heavy (non-hydrogen) atoms. The van der Waals surface area contributed by atoms with E-state index >= 15 is 0 Å². The number of aromatic nitrogens is 3. The first-order valence-corrected chi connectivity index (χ1v) is 8.20. The van der Waals surface area contributed by atoms with Gasteiger partial charge in [-0.3, -0.25) is 4.68 Å². The van der Waals surface area contributed by atoms with Gasteiger partial charge in [-0.05, 0) is 25.9 Å². The van der Waals surface area contributed by atoms with Crippen LogP contribution in [0.2, 0.25) is 0 Å². The summed E-state index contributed by atoms with van der Waals surface area (Å²) in [6.07, 6.45) is 8.06. The Morgan fingerprint density at radius 1 is 1.20 bits per heavy atom. The fraction of sp³-hybridized carbons (Fsp3) is 0.571. The van der Waals surface area contributed by atoms with Gasteiger partial charge in [-0.2, -0.15) is 5.10 Å². The lowest BCUT2D eigenvalue weighted by Gasteiger charge is -2.26. The van der Waals surface area contributed by atoms with E-state index in [2.05, 4.69) is 31.9 Å². The normalized spacial score (nSPS) is 16.4. The van der Waals surface area contributed by atoms with Crippen molar-refractivity contribution in [2.24, 2.45) is 0 Å². The van der Waals surface area contributed by atoms with E-state index in [9.17, 15) is 0 Å². The van der Waals surface area contributed by atoms with Gasteiger partial charge in [0.1, 0.15) is 0 Å². The second kappa shape index (κ2) is 6.85. The first-order valence-electron chi connectivity index (χ1n) is 7.26. The first kappa shape index (κ1) is 13.6. The highest BCUT2D eigenvalue weighted by Crippen LogP contribution is 2.10. The molecule has 0 radical (unpaired) electrons. The van der Waals surface area contributed by atoms with Crippen molar-refractivity contribution in [3.05, 3.63) is 29.0 Å². The van der Waals surface area contributed by atoms with Crippen molar-refractivity contribution < 1.29 is 0 Å². The molecule has 1 saturated heterocycles. The zero-order valence-electron chi connectivity index (χ0n) is 11.7. The molecule has 0 unspecified atom stereocenters. The van der Waals surface area contributed by atoms with Gasteiger partial charge >= 0.3 is 0 Å². The van der Waals surface area contributed by atoms with Crippen LogP contribution in [0.25, 0.3) is 0 Å². The van der Waals surface area contributed by atoms with Crippen molar-refractivity contribution in [2.75, 3.05) is 25.0 Å². The van der Waals surface area contributed by atoms with E-state index in [0.717, 1.165) is 31.0 Å². The van der Waals surface area contributed by atoms with Crippen molar-refractivity contribution in [3.63, 3.8) is 0 Å². The van der Waals surface area contributed by atoms with Crippen molar-refractivity contribution in [1.29, 1.82) is 0 Å². The molecule has 6 heteroatoms. The summed E-state index contributed by atoms with van der Waals surface area (Å²) in [6, 6.07) is 0. The van der Waals surface area contributed by atoms with Crippen LogP contribution in [0.1, 0.15) is 25.0 Å². The van der Waals surface area contributed by atoms with Crippen molar-refractivity contribution in [2.45, 2.75) is 32.4 Å². The Morgan fingerprint density at radius 3 is 2.90 bits per heavy atom. The molecule has 108 valence electrons. The van der Waals surface area contributed by atoms with Crippen LogP contribution in [-0.4, -0.2) is 39.3 Å². The van der Waals surface area contributed by atoms with Crippen molar-refractivity contribution in [3.8, 4) is 0 Å². The Balaban J connectivity index is 1.44. The van der Waals surface area contributed by atoms with E-state index in [-0.39, 0.29) is 0 Å². The van der Waals surface area contributed by atoms with Gasteiger partial charge in [0.25, 0.3) is 0 Å². The summed E-state index contributed by atoms with van der Waals surface area (Å²) >= 11 is 1.63. The summed E-state index contributed by atoms with van der Waals surface area (Å²) in [4.78, 5) is 6.79. The molecule has 0 aromatic carbocycles. The van der Waals surface area contributed by atoms with Crippen LogP contribution in [0.5, 0.6) is 0 Å². The van der Waals surface area contributed by atoms with Gasteiger partial charge in [0.05, 0.1) is 36.2 Å². The number of rotatable bonds is 6. The highest BCUT2D eigenvalue weighted by atomic mass is 32.1. The number of hydrogen-bond donors (Lipinski definition) is 1. The molecule has 1 N–H and O–H groups in total. The van der Waals surface area contributed by atoms with Gasteiger partial charge in [0.2, 0.25) is 0 Å². The molecular weight excluding hydrogens is 270 g/mol. The summed E-state index contributed by atoms with van der Waals surface area (Å²) in [5.41, 5.74) is 4.01. The minimum absolute atomic E-state index is 0.765. The van der Waals surface area contributed by atoms with Gasteiger partial charge in [0, 0.05) is 18.1 Å². The predicted molar refractivity (Wildman–Crippen MR) is 82.0 cm³/mol. The van der Waals surface area contributed by atoms with Gasteiger partial charge in [-0.1, -0.05) is 6.42 Å². The molecule has 3 heterocycles. The second-order valence-corrected chi connectivity index (χ2v) is 5.95. The fourth-order valence-corrected chi connectivity index (χ4v) is 3.08. The highest BCUT2D eigenvalue weighted by Gasteiger charge is 2.09. The standard InChI is InChI=1S/C14H21N5S/c1-2-4-18(5-3-1)6-7-19-10-13(9-17-19)15-8-14-11-20-12-16-14/h9-12,15H,1-8H2. The molecule has 0 amide bonds. The van der Waals surface area contributed by atoms with Crippen LogP contribution in [0.4, 0.5) is 5.69 Å². The van der Waals surface area contributed by atoms with Crippen LogP contribution in [0, 0.1) is 0 Å². The predicted octanol–water partition coefficient (Wildman–Crippen LogP) is 2.44. The molecule has 0 atom stereocenters. The van der Waals surface area contributed by atoms with E-state index < -0.39 is 0 Å². The number of thiazole rings is 1. The van der Waals surface area contributed by atoms with E-state index in [1.807, 2.05) is 16.4 Å². The Labute approximate surface area is 123 Å². The zero-order valence-corrected chi connectivity index (χ0v) is 12.5. The summed E-state index contributed by atoms with van der Waals surface area (Å²) in [5, 5.41) is 9.83. The molecule has 3 rings (SSSR count). The largest absolute Gasteiger partial charge is 0.377 e. The quantitative estimate of drug-likeness (QED) is 0.888. The van der Waals surface area contributed by atoms with E-state index in [0.29, 0.717) is 0 Å². The van der Waals surface area contributed by atoms with Gasteiger partial charge in [-0.15, -0.1) is 11.3 Å². The lowest BCUT2D eigenvalue weighted by molar-refractivity contribution is 0.218. The smallest absolute Gasteiger partial charge is 0.0795 e. The Morgan fingerprint density at radius 2 is 2.10 bits per heavy atom. The molecule has 1 aliphatic rings. The van der Waals surface area contributed by atoms with Crippen LogP contribution < -0.4 is 5.32 Å². The number of nitrogens with zero attached hydrogens (tertiary/aromatic N) is 4. The van der Waals surface area contributed by atoms with Crippen LogP contribution in [0.15, 0.2) is 23.3 Å². The summed E-state index contributed by atoms with van der Waals surface area (Å²) in [5.74, 6) is 0. The SMILES string of the molecule is c1nc(CNc2cnn(CCN3CCCCC3)c2)cs1. The topological polar surface area (TPSA) is 46.0 Å². The van der Waals surface area contributed by atoms with Gasteiger partial charge < -0.3 is 10.2 Å². The molecule has 0 spiro atoms. The third-order valence-electron chi connectivity index (χ3n) is 3.68. The molecule has 5 nitrogen and oxygen atoms in total. The summed E-state index contributed by atoms with van der Waals surface area (Å²) in [7, 11) is 0. The molecule has 2 aromatic rings. The first-order chi connectivity index (χ1) is 9.90. The fourth-order valence-electron chi connectivity index (χ4n) is 2.52. The van der Waals surface area contributed by atoms with Crippen LogP contribution in [-0.2, 0) is 13.1 Å². The maximum absolute atomic E-state index is 4.41. The zero-order chi connectivity index (χ0) is 13.6. The molecule has 1 aliphatic heterocycles. The molecule has 0 aliphatic carbocycles. The lowest BCUT2D eigenvalue weighted by atomic mass is 10.1. The minimum Gasteiger partial charge on any atom is -0.377 e. The summed E-state index contributed by atoms with van der Waals surface area (Å²) in [6.45, 7) is 5.33. The number of piperidine rings is 1. The lowest BCUT2D eigenvalue weighted by Crippen LogP contribution is -2.32. The van der Waals surface area contributed by atoms with E-state index in [4.69, 9.17) is 0 Å². The van der Waals surface area contributed by atoms with Crippen molar-refractivity contribution >= 4 is 17.0 Å². The van der Waals surface area contributed by atoms with Gasteiger partial charge in [0.15, 0.2) is 0 Å². The molecule has 2 aromatic heterocycles. The Bertz CT molecular complexity index is 501. The Kier molecular flexibility index (Phi) is 4.65. The highest BCUT2D eigenvalue weighted by molar-refractivity contribution is 7.07. The Hall–Kier alpha value is -1.40. The maximum Gasteiger partial charge on any atom is 0.0795 e. The number of anilines is 1. The van der Waals surface area contributed by atoms with E-state index in [1.165, 1.54) is 32.4 Å².